The maximum absolute atomic E-state index is 11.7. The van der Waals surface area contributed by atoms with Crippen LogP contribution >= 0.6 is 0 Å². The Labute approximate surface area is 294 Å². The van der Waals surface area contributed by atoms with Crippen LogP contribution in [0.25, 0.3) is 17.7 Å². The van der Waals surface area contributed by atoms with Crippen molar-refractivity contribution in [1.82, 2.24) is 0 Å². The monoisotopic (exact) mass is 651 g/mol. The fourth-order valence-corrected chi connectivity index (χ4v) is 6.86. The van der Waals surface area contributed by atoms with Gasteiger partial charge in [-0.1, -0.05) is 103 Å². The third kappa shape index (κ3) is 6.44. The number of allylic oxidation sites excluding steroid dienone is 1. The summed E-state index contributed by atoms with van der Waals surface area (Å²) in [6.07, 6.45) is 6.54. The molecular formula is C46H39N2O2+. The van der Waals surface area contributed by atoms with Crippen LogP contribution in [-0.2, 0) is 5.41 Å². The van der Waals surface area contributed by atoms with Crippen LogP contribution < -0.4 is 4.90 Å². The maximum atomic E-state index is 11.7. The van der Waals surface area contributed by atoms with Crippen molar-refractivity contribution >= 4 is 52.2 Å². The van der Waals surface area contributed by atoms with E-state index in [9.17, 15) is 9.90 Å². The van der Waals surface area contributed by atoms with Crippen LogP contribution in [-0.4, -0.2) is 28.4 Å². The minimum Gasteiger partial charge on any atom is -0.478 e. The van der Waals surface area contributed by atoms with Gasteiger partial charge >= 0.3 is 5.97 Å². The second-order valence-electron chi connectivity index (χ2n) is 13.1. The minimum absolute atomic E-state index is 0.309. The lowest BCUT2D eigenvalue weighted by Crippen LogP contribution is -2.26. The zero-order valence-electron chi connectivity index (χ0n) is 28.5. The molecule has 0 unspecified atom stereocenters. The number of rotatable bonds is 9. The van der Waals surface area contributed by atoms with Gasteiger partial charge in [-0.2, -0.15) is 4.58 Å². The number of hydrogen-bond donors (Lipinski definition) is 1. The summed E-state index contributed by atoms with van der Waals surface area (Å²) in [5, 5.41) is 9.56. The lowest BCUT2D eigenvalue weighted by Gasteiger charge is -2.25. The fraction of sp³-hybridized carbons (Fsp3) is 0.0870. The summed E-state index contributed by atoms with van der Waals surface area (Å²) in [7, 11) is 2.04. The van der Waals surface area contributed by atoms with Gasteiger partial charge in [0.05, 0.1) is 11.0 Å². The molecule has 0 aliphatic carbocycles. The van der Waals surface area contributed by atoms with Crippen molar-refractivity contribution in [2.75, 3.05) is 11.9 Å². The molecule has 4 nitrogen and oxygen atoms in total. The fourth-order valence-electron chi connectivity index (χ4n) is 6.86. The predicted molar refractivity (Wildman–Crippen MR) is 207 cm³/mol. The van der Waals surface area contributed by atoms with Crippen molar-refractivity contribution in [3.05, 3.63) is 197 Å². The number of carbonyl (C=O) groups is 1. The molecule has 4 heteroatoms. The number of fused-ring (bicyclic) bond motifs is 1. The molecule has 0 fully saturated rings. The van der Waals surface area contributed by atoms with Gasteiger partial charge in [-0.25, -0.2) is 4.79 Å². The average molecular weight is 652 g/mol. The third-order valence-electron chi connectivity index (χ3n) is 9.51. The van der Waals surface area contributed by atoms with E-state index in [1.807, 2.05) is 19.2 Å². The van der Waals surface area contributed by atoms with Gasteiger partial charge in [0, 0.05) is 34.8 Å². The number of anilines is 3. The van der Waals surface area contributed by atoms with E-state index in [1.54, 1.807) is 12.1 Å². The molecule has 1 aliphatic heterocycles. The first-order valence-corrected chi connectivity index (χ1v) is 16.8. The topological polar surface area (TPSA) is 43.5 Å². The van der Waals surface area contributed by atoms with Gasteiger partial charge in [0.2, 0.25) is 5.69 Å². The van der Waals surface area contributed by atoms with Gasteiger partial charge in [0.1, 0.15) is 7.05 Å². The van der Waals surface area contributed by atoms with Crippen LogP contribution in [0.2, 0.25) is 0 Å². The van der Waals surface area contributed by atoms with Crippen LogP contribution in [0.5, 0.6) is 0 Å². The average Bonchev–Trinajstić information content (AvgIpc) is 3.35. The number of carboxylic acid groups (broad SMARTS) is 1. The Balaban J connectivity index is 1.17. The molecule has 7 rings (SSSR count). The molecule has 244 valence electrons. The molecule has 1 N–H and O–H groups in total. The van der Waals surface area contributed by atoms with Crippen molar-refractivity contribution in [3.8, 4) is 0 Å². The first-order valence-electron chi connectivity index (χ1n) is 16.8. The van der Waals surface area contributed by atoms with Crippen molar-refractivity contribution < 1.29 is 14.5 Å². The summed E-state index contributed by atoms with van der Waals surface area (Å²) < 4.78 is 2.16. The zero-order chi connectivity index (χ0) is 34.7. The number of aromatic carboxylic acids is 1. The van der Waals surface area contributed by atoms with E-state index in [4.69, 9.17) is 0 Å². The standard InChI is InChI=1S/C46H38N2O2/c1-46(2)42-32-37(45(49)50)24-29-43(42)47(3)44(46)30-23-33-19-25-39(26-20-33)48(38-17-11-6-12-18-38)40-27-21-34(22-28-40)31-41(35-13-7-4-8-14-35)36-15-9-5-10-16-36/h4-32H,1-3H3/p+1. The summed E-state index contributed by atoms with van der Waals surface area (Å²) in [5.41, 5.74) is 12.1. The second kappa shape index (κ2) is 13.7. The molecule has 0 radical (unpaired) electrons. The van der Waals surface area contributed by atoms with Crippen molar-refractivity contribution in [2.24, 2.45) is 0 Å². The van der Waals surface area contributed by atoms with Crippen molar-refractivity contribution in [3.63, 3.8) is 0 Å². The molecular weight excluding hydrogens is 613 g/mol. The third-order valence-corrected chi connectivity index (χ3v) is 9.51. The number of hydrogen-bond acceptors (Lipinski definition) is 2. The maximum Gasteiger partial charge on any atom is 0.335 e. The van der Waals surface area contributed by atoms with E-state index in [2.05, 4.69) is 175 Å². The van der Waals surface area contributed by atoms with E-state index < -0.39 is 5.97 Å². The lowest BCUT2D eigenvalue weighted by atomic mass is 9.80. The van der Waals surface area contributed by atoms with Crippen molar-refractivity contribution in [2.45, 2.75) is 19.3 Å². The second-order valence-corrected chi connectivity index (χ2v) is 13.1. The zero-order valence-corrected chi connectivity index (χ0v) is 28.5. The molecule has 0 saturated heterocycles. The summed E-state index contributed by atoms with van der Waals surface area (Å²) in [6.45, 7) is 4.29. The molecule has 0 aromatic heterocycles. The highest BCUT2D eigenvalue weighted by atomic mass is 16.4. The molecule has 0 spiro atoms. The van der Waals surface area contributed by atoms with E-state index in [-0.39, 0.29) is 5.41 Å². The molecule has 1 heterocycles. The molecule has 6 aromatic rings. The van der Waals surface area contributed by atoms with Crippen molar-refractivity contribution in [1.29, 1.82) is 0 Å². The molecule has 50 heavy (non-hydrogen) atoms. The summed E-state index contributed by atoms with van der Waals surface area (Å²) in [5.74, 6) is -0.909. The molecule has 6 aromatic carbocycles. The van der Waals surface area contributed by atoms with Gasteiger partial charge in [-0.15, -0.1) is 0 Å². The van der Waals surface area contributed by atoms with Crippen LogP contribution in [0, 0.1) is 0 Å². The Bertz CT molecular complexity index is 2190. The van der Waals surface area contributed by atoms with E-state index in [1.165, 1.54) is 16.7 Å². The summed E-state index contributed by atoms with van der Waals surface area (Å²) in [4.78, 5) is 13.9. The van der Waals surface area contributed by atoms with E-state index in [0.29, 0.717) is 5.56 Å². The quantitative estimate of drug-likeness (QED) is 0.125. The van der Waals surface area contributed by atoms with Gasteiger partial charge in [-0.05, 0) is 102 Å². The Morgan fingerprint density at radius 3 is 1.64 bits per heavy atom. The molecule has 0 atom stereocenters. The van der Waals surface area contributed by atoms with Crippen LogP contribution in [0.1, 0.15) is 52.0 Å². The normalized spacial score (nSPS) is 13.3. The number of para-hydroxylation sites is 1. The first kappa shape index (κ1) is 32.3. The Morgan fingerprint density at radius 2 is 1.10 bits per heavy atom. The smallest absolute Gasteiger partial charge is 0.335 e. The minimum atomic E-state index is -0.909. The molecule has 0 amide bonds. The van der Waals surface area contributed by atoms with Gasteiger partial charge in [0.15, 0.2) is 5.71 Å². The molecule has 1 aliphatic rings. The van der Waals surface area contributed by atoms with Gasteiger partial charge < -0.3 is 10.0 Å². The molecule has 0 bridgehead atoms. The number of benzene rings is 6. The van der Waals surface area contributed by atoms with Gasteiger partial charge in [-0.3, -0.25) is 0 Å². The highest BCUT2D eigenvalue weighted by Gasteiger charge is 2.43. The Kier molecular flexibility index (Phi) is 8.85. The number of nitrogens with zero attached hydrogens (tertiary/aromatic N) is 2. The first-order chi connectivity index (χ1) is 24.3. The van der Waals surface area contributed by atoms with E-state index in [0.717, 1.165) is 45.2 Å². The Morgan fingerprint density at radius 1 is 0.600 bits per heavy atom. The molecule has 0 saturated carbocycles. The largest absolute Gasteiger partial charge is 0.478 e. The Hall–Kier alpha value is -6.26. The lowest BCUT2D eigenvalue weighted by molar-refractivity contribution is -0.401. The van der Waals surface area contributed by atoms with Crippen LogP contribution in [0.15, 0.2) is 164 Å². The summed E-state index contributed by atoms with van der Waals surface area (Å²) >= 11 is 0. The van der Waals surface area contributed by atoms with Crippen LogP contribution in [0.3, 0.4) is 0 Å². The summed E-state index contributed by atoms with van der Waals surface area (Å²) in [6, 6.07) is 54.2. The SMILES string of the molecule is C[N+]1=C(C=Cc2ccc(N(c3ccccc3)c3ccc(C=C(c4ccccc4)c4ccccc4)cc3)cc2)C(C)(C)c2cc(C(=O)O)ccc21. The highest BCUT2D eigenvalue weighted by molar-refractivity contribution is 6.06. The van der Waals surface area contributed by atoms with Crippen LogP contribution in [0.4, 0.5) is 22.7 Å². The number of carboxylic acids is 1. The van der Waals surface area contributed by atoms with Gasteiger partial charge in [0.25, 0.3) is 0 Å². The van der Waals surface area contributed by atoms with E-state index >= 15 is 0 Å². The highest BCUT2D eigenvalue weighted by Crippen LogP contribution is 2.40. The predicted octanol–water partition coefficient (Wildman–Crippen LogP) is 11.2.